The first-order valence-corrected chi connectivity index (χ1v) is 4.60. The van der Waals surface area contributed by atoms with Crippen molar-refractivity contribution in [1.29, 1.82) is 0 Å². The van der Waals surface area contributed by atoms with Gasteiger partial charge in [-0.3, -0.25) is 0 Å². The molecule has 14 heavy (non-hydrogen) atoms. The molecule has 0 bridgehead atoms. The Morgan fingerprint density at radius 3 is 2.71 bits per heavy atom. The molecule has 0 radical (unpaired) electrons. The van der Waals surface area contributed by atoms with Crippen LogP contribution in [-0.4, -0.2) is 18.8 Å². The summed E-state index contributed by atoms with van der Waals surface area (Å²) >= 11 is 0. The molecular formula is C11H15FO2. The Kier molecular flexibility index (Phi) is 3.61. The minimum atomic E-state index is -1.09. The zero-order chi connectivity index (χ0) is 10.6. The minimum Gasteiger partial charge on any atom is -0.383 e. The van der Waals surface area contributed by atoms with E-state index in [0.29, 0.717) is 12.0 Å². The van der Waals surface area contributed by atoms with E-state index >= 15 is 0 Å². The van der Waals surface area contributed by atoms with E-state index in [2.05, 4.69) is 0 Å². The third-order valence-electron chi connectivity index (χ3n) is 2.33. The van der Waals surface area contributed by atoms with Crippen LogP contribution in [0.25, 0.3) is 0 Å². The third kappa shape index (κ3) is 2.30. The Bertz CT molecular complexity index is 301. The van der Waals surface area contributed by atoms with E-state index in [1.807, 2.05) is 6.92 Å². The average molecular weight is 198 g/mol. The summed E-state index contributed by atoms with van der Waals surface area (Å²) < 4.78 is 17.8. The summed E-state index contributed by atoms with van der Waals surface area (Å²) in [6, 6.07) is 5.97. The average Bonchev–Trinajstić information content (AvgIpc) is 2.18. The van der Waals surface area contributed by atoms with Crippen molar-refractivity contribution in [2.24, 2.45) is 0 Å². The Morgan fingerprint density at radius 2 is 2.21 bits per heavy atom. The van der Waals surface area contributed by atoms with Crippen LogP contribution in [-0.2, 0) is 10.3 Å². The smallest absolute Gasteiger partial charge is 0.123 e. The number of rotatable bonds is 4. The van der Waals surface area contributed by atoms with E-state index < -0.39 is 5.60 Å². The lowest BCUT2D eigenvalue weighted by Crippen LogP contribution is -2.30. The number of ether oxygens (including phenoxy) is 1. The number of halogens is 1. The van der Waals surface area contributed by atoms with Crippen molar-refractivity contribution >= 4 is 0 Å². The van der Waals surface area contributed by atoms with Crippen LogP contribution in [0, 0.1) is 5.82 Å². The highest BCUT2D eigenvalue weighted by Gasteiger charge is 2.27. The molecule has 0 aliphatic carbocycles. The molecule has 0 saturated heterocycles. The number of methoxy groups -OCH3 is 1. The predicted octanol–water partition coefficient (Wildman–Crippen LogP) is 2.07. The van der Waals surface area contributed by atoms with E-state index in [-0.39, 0.29) is 12.4 Å². The van der Waals surface area contributed by atoms with Gasteiger partial charge in [0.25, 0.3) is 0 Å². The molecule has 3 heteroatoms. The molecule has 78 valence electrons. The Morgan fingerprint density at radius 1 is 1.50 bits per heavy atom. The second kappa shape index (κ2) is 4.53. The van der Waals surface area contributed by atoms with Crippen molar-refractivity contribution < 1.29 is 14.2 Å². The molecule has 0 fully saturated rings. The third-order valence-corrected chi connectivity index (χ3v) is 2.33. The van der Waals surface area contributed by atoms with Gasteiger partial charge >= 0.3 is 0 Å². The minimum absolute atomic E-state index is 0.174. The molecule has 0 saturated carbocycles. The molecule has 0 aliphatic rings. The summed E-state index contributed by atoms with van der Waals surface area (Å²) in [6.07, 6.45) is 0.490. The quantitative estimate of drug-likeness (QED) is 0.802. The molecule has 1 N–H and O–H groups in total. The normalized spacial score (nSPS) is 15.1. The molecule has 0 heterocycles. The van der Waals surface area contributed by atoms with Gasteiger partial charge in [0.1, 0.15) is 11.4 Å². The van der Waals surface area contributed by atoms with Gasteiger partial charge in [0.2, 0.25) is 0 Å². The molecular weight excluding hydrogens is 183 g/mol. The molecule has 1 rings (SSSR count). The van der Waals surface area contributed by atoms with Crippen LogP contribution in [0.4, 0.5) is 4.39 Å². The molecule has 0 aliphatic heterocycles. The highest BCUT2D eigenvalue weighted by molar-refractivity contribution is 5.23. The summed E-state index contributed by atoms with van der Waals surface area (Å²) in [5, 5.41) is 10.1. The highest BCUT2D eigenvalue weighted by atomic mass is 19.1. The Balaban J connectivity index is 2.99. The van der Waals surface area contributed by atoms with Crippen LogP contribution in [0.5, 0.6) is 0 Å². The zero-order valence-corrected chi connectivity index (χ0v) is 8.46. The summed E-state index contributed by atoms with van der Waals surface area (Å²) in [4.78, 5) is 0. The maximum atomic E-state index is 12.9. The lowest BCUT2D eigenvalue weighted by molar-refractivity contribution is -0.0388. The molecule has 2 nitrogen and oxygen atoms in total. The zero-order valence-electron chi connectivity index (χ0n) is 8.46. The first-order valence-electron chi connectivity index (χ1n) is 4.60. The standard InChI is InChI=1S/C11H15FO2/c1-3-11(13,8-14-2)9-5-4-6-10(12)7-9/h4-7,13H,3,8H2,1-2H3. The first-order chi connectivity index (χ1) is 6.62. The first kappa shape index (κ1) is 11.1. The lowest BCUT2D eigenvalue weighted by Gasteiger charge is -2.26. The van der Waals surface area contributed by atoms with Gasteiger partial charge < -0.3 is 9.84 Å². The summed E-state index contributed by atoms with van der Waals surface area (Å²) in [7, 11) is 1.51. The van der Waals surface area contributed by atoms with Crippen molar-refractivity contribution in [1.82, 2.24) is 0 Å². The second-order valence-electron chi connectivity index (χ2n) is 3.33. The predicted molar refractivity (Wildman–Crippen MR) is 52.5 cm³/mol. The van der Waals surface area contributed by atoms with Crippen LogP contribution < -0.4 is 0 Å². The highest BCUT2D eigenvalue weighted by Crippen LogP contribution is 2.25. The number of hydrogen-bond donors (Lipinski definition) is 1. The van der Waals surface area contributed by atoms with E-state index in [0.717, 1.165) is 0 Å². The lowest BCUT2D eigenvalue weighted by atomic mass is 9.92. The topological polar surface area (TPSA) is 29.5 Å². The molecule has 1 atom stereocenters. The molecule has 1 unspecified atom stereocenters. The summed E-state index contributed by atoms with van der Waals surface area (Å²) in [5.74, 6) is -0.342. The van der Waals surface area contributed by atoms with Crippen LogP contribution in [0.15, 0.2) is 24.3 Å². The van der Waals surface area contributed by atoms with Gasteiger partial charge in [-0.1, -0.05) is 19.1 Å². The fraction of sp³-hybridized carbons (Fsp3) is 0.455. The Labute approximate surface area is 83.3 Å². The number of aliphatic hydroxyl groups is 1. The van der Waals surface area contributed by atoms with Crippen LogP contribution >= 0.6 is 0 Å². The fourth-order valence-corrected chi connectivity index (χ4v) is 1.41. The molecule has 0 amide bonds. The van der Waals surface area contributed by atoms with E-state index in [9.17, 15) is 9.50 Å². The largest absolute Gasteiger partial charge is 0.383 e. The van der Waals surface area contributed by atoms with Crippen LogP contribution in [0.1, 0.15) is 18.9 Å². The van der Waals surface area contributed by atoms with E-state index in [1.165, 1.54) is 19.2 Å². The second-order valence-corrected chi connectivity index (χ2v) is 3.33. The van der Waals surface area contributed by atoms with Crippen LogP contribution in [0.3, 0.4) is 0 Å². The van der Waals surface area contributed by atoms with Crippen molar-refractivity contribution in [3.8, 4) is 0 Å². The number of hydrogen-bond acceptors (Lipinski definition) is 2. The van der Waals surface area contributed by atoms with Gasteiger partial charge in [-0.2, -0.15) is 0 Å². The Hall–Kier alpha value is -0.930. The van der Waals surface area contributed by atoms with Crippen molar-refractivity contribution in [3.63, 3.8) is 0 Å². The number of benzene rings is 1. The van der Waals surface area contributed by atoms with Crippen LogP contribution in [0.2, 0.25) is 0 Å². The fourth-order valence-electron chi connectivity index (χ4n) is 1.41. The van der Waals surface area contributed by atoms with Gasteiger partial charge in [-0.25, -0.2) is 4.39 Å². The monoisotopic (exact) mass is 198 g/mol. The maximum absolute atomic E-state index is 12.9. The van der Waals surface area contributed by atoms with Crippen molar-refractivity contribution in [3.05, 3.63) is 35.6 Å². The summed E-state index contributed by atoms with van der Waals surface area (Å²) in [5.41, 5.74) is -0.529. The molecule has 0 spiro atoms. The SMILES string of the molecule is CCC(O)(COC)c1cccc(F)c1. The molecule has 1 aromatic rings. The van der Waals surface area contributed by atoms with Gasteiger partial charge in [0.15, 0.2) is 0 Å². The van der Waals surface area contributed by atoms with Gasteiger partial charge in [0.05, 0.1) is 6.61 Å². The van der Waals surface area contributed by atoms with E-state index in [1.54, 1.807) is 12.1 Å². The molecule has 1 aromatic carbocycles. The van der Waals surface area contributed by atoms with Gasteiger partial charge in [-0.15, -0.1) is 0 Å². The van der Waals surface area contributed by atoms with Gasteiger partial charge in [0, 0.05) is 7.11 Å². The van der Waals surface area contributed by atoms with E-state index in [4.69, 9.17) is 4.74 Å². The van der Waals surface area contributed by atoms with Crippen molar-refractivity contribution in [2.45, 2.75) is 18.9 Å². The maximum Gasteiger partial charge on any atom is 0.123 e. The molecule has 0 aromatic heterocycles. The van der Waals surface area contributed by atoms with Crippen molar-refractivity contribution in [2.75, 3.05) is 13.7 Å². The summed E-state index contributed by atoms with van der Waals surface area (Å²) in [6.45, 7) is 2.01. The van der Waals surface area contributed by atoms with Gasteiger partial charge in [-0.05, 0) is 24.1 Å².